The lowest BCUT2D eigenvalue weighted by Crippen LogP contribution is -2.45. The van der Waals surface area contributed by atoms with Crippen molar-refractivity contribution in [3.63, 3.8) is 0 Å². The zero-order chi connectivity index (χ0) is 33.1. The van der Waals surface area contributed by atoms with Gasteiger partial charge in [0.2, 0.25) is 0 Å². The normalized spacial score (nSPS) is 19.2. The summed E-state index contributed by atoms with van der Waals surface area (Å²) in [5.41, 5.74) is 10.4. The van der Waals surface area contributed by atoms with E-state index in [1.54, 1.807) is 20.3 Å². The molecule has 0 spiro atoms. The number of aryl methyl sites for hydroxylation is 1. The Morgan fingerprint density at radius 1 is 1.04 bits per heavy atom. The molecule has 0 aliphatic carbocycles. The van der Waals surface area contributed by atoms with Crippen molar-refractivity contribution in [1.29, 1.82) is 0 Å². The van der Waals surface area contributed by atoms with E-state index in [1.807, 2.05) is 0 Å². The van der Waals surface area contributed by atoms with Gasteiger partial charge in [0.15, 0.2) is 0 Å². The summed E-state index contributed by atoms with van der Waals surface area (Å²) in [5.74, 6) is 2.55. The van der Waals surface area contributed by atoms with Crippen LogP contribution in [-0.2, 0) is 12.8 Å². The molecule has 5 atom stereocenters. The van der Waals surface area contributed by atoms with Gasteiger partial charge in [-0.3, -0.25) is 0 Å². The second-order valence-electron chi connectivity index (χ2n) is 13.9. The number of hydrogen-bond donors (Lipinski definition) is 3. The van der Waals surface area contributed by atoms with Gasteiger partial charge in [-0.05, 0) is 114 Å². The van der Waals surface area contributed by atoms with Crippen molar-refractivity contribution < 1.29 is 9.47 Å². The summed E-state index contributed by atoms with van der Waals surface area (Å²) in [4.78, 5) is 0.787. The largest absolute Gasteiger partial charge is 0.495 e. The zero-order valence-electron chi connectivity index (χ0n) is 28.6. The molecule has 0 aromatic heterocycles. The average molecular weight is 679 g/mol. The third kappa shape index (κ3) is 11.3. The van der Waals surface area contributed by atoms with Crippen LogP contribution in [0.3, 0.4) is 0 Å². The minimum absolute atomic E-state index is 0.0868. The first-order chi connectivity index (χ1) is 21.4. The second-order valence-corrected chi connectivity index (χ2v) is 15.1. The summed E-state index contributed by atoms with van der Waals surface area (Å²) in [5, 5.41) is 8.43. The van der Waals surface area contributed by atoms with Gasteiger partial charge in [0.25, 0.3) is 0 Å². The number of halogens is 2. The first kappa shape index (κ1) is 37.9. The molecule has 1 aliphatic heterocycles. The van der Waals surface area contributed by atoms with Crippen molar-refractivity contribution in [1.82, 2.24) is 10.6 Å². The van der Waals surface area contributed by atoms with Crippen molar-refractivity contribution in [2.45, 2.75) is 116 Å². The number of ether oxygens (including phenoxy) is 2. The maximum atomic E-state index is 6.78. The second kappa shape index (κ2) is 18.1. The van der Waals surface area contributed by atoms with Crippen LogP contribution >= 0.6 is 35.4 Å². The number of hydrogen-bond acceptors (Lipinski definition) is 5. The smallest absolute Gasteiger partial charge is 0.141 e. The van der Waals surface area contributed by atoms with E-state index in [9.17, 15) is 0 Å². The van der Waals surface area contributed by atoms with Crippen molar-refractivity contribution >= 4 is 40.4 Å². The molecule has 0 amide bonds. The fourth-order valence-electron chi connectivity index (χ4n) is 6.72. The summed E-state index contributed by atoms with van der Waals surface area (Å²) >= 11 is 19.2. The van der Waals surface area contributed by atoms with E-state index in [0.717, 1.165) is 67.1 Å². The standard InChI is InChI=1S/C37H57Cl2N3O2S/c1-8-9-31(40)29(17-10-24(2)22-30-34(38)32(43-6)23-33(44-7)35(30)39)25(3)42-36(45)28-15-13-26(14-16-28)11-12-27-18-20-37(4,5)41-21-19-27/h13-16,23-25,27,29,31,41H,8-12,17-22,40H2,1-7H3,(H,42,45). The van der Waals surface area contributed by atoms with Crippen LogP contribution in [0.2, 0.25) is 10.0 Å². The summed E-state index contributed by atoms with van der Waals surface area (Å²) in [6.07, 6.45) is 10.9. The fourth-order valence-corrected chi connectivity index (χ4v) is 7.69. The molecule has 1 fully saturated rings. The van der Waals surface area contributed by atoms with E-state index in [0.29, 0.717) is 27.5 Å². The maximum Gasteiger partial charge on any atom is 0.141 e. The Hall–Kier alpha value is -1.57. The average Bonchev–Trinajstić information content (AvgIpc) is 3.18. The molecule has 1 saturated heterocycles. The Labute approximate surface area is 288 Å². The van der Waals surface area contributed by atoms with E-state index in [4.69, 9.17) is 50.6 Å². The van der Waals surface area contributed by atoms with Gasteiger partial charge in [-0.15, -0.1) is 0 Å². The molecule has 3 rings (SSSR count). The number of methoxy groups -OCH3 is 2. The van der Waals surface area contributed by atoms with Crippen LogP contribution in [0.4, 0.5) is 0 Å². The molecule has 5 unspecified atom stereocenters. The summed E-state index contributed by atoms with van der Waals surface area (Å²) in [7, 11) is 3.21. The highest BCUT2D eigenvalue weighted by molar-refractivity contribution is 7.80. The van der Waals surface area contributed by atoms with Gasteiger partial charge in [0.05, 0.1) is 24.3 Å². The molecule has 2 aromatic rings. The summed E-state index contributed by atoms with van der Waals surface area (Å²) in [6, 6.07) is 10.8. The molecule has 0 saturated carbocycles. The number of thiocarbonyl (C=S) groups is 1. The van der Waals surface area contributed by atoms with Crippen LogP contribution in [0.15, 0.2) is 30.3 Å². The van der Waals surface area contributed by atoms with Gasteiger partial charge in [-0.1, -0.05) is 80.0 Å². The van der Waals surface area contributed by atoms with Gasteiger partial charge in [-0.2, -0.15) is 0 Å². The van der Waals surface area contributed by atoms with Crippen molar-refractivity contribution in [2.24, 2.45) is 23.5 Å². The molecular weight excluding hydrogens is 621 g/mol. The van der Waals surface area contributed by atoms with Crippen LogP contribution < -0.4 is 25.8 Å². The van der Waals surface area contributed by atoms with E-state index in [1.165, 1.54) is 31.2 Å². The van der Waals surface area contributed by atoms with Crippen LogP contribution in [0.25, 0.3) is 0 Å². The molecule has 4 N–H and O–H groups in total. The Morgan fingerprint density at radius 2 is 1.69 bits per heavy atom. The third-order valence-electron chi connectivity index (χ3n) is 9.77. The minimum Gasteiger partial charge on any atom is -0.495 e. The Kier molecular flexibility index (Phi) is 15.2. The van der Waals surface area contributed by atoms with Gasteiger partial charge >= 0.3 is 0 Å². The number of nitrogens with one attached hydrogen (secondary N) is 2. The Morgan fingerprint density at radius 3 is 2.29 bits per heavy atom. The van der Waals surface area contributed by atoms with Crippen molar-refractivity contribution in [3.05, 3.63) is 57.1 Å². The topological polar surface area (TPSA) is 68.5 Å². The van der Waals surface area contributed by atoms with Crippen LogP contribution in [0.1, 0.15) is 103 Å². The predicted molar refractivity (Wildman–Crippen MR) is 197 cm³/mol. The van der Waals surface area contributed by atoms with Crippen molar-refractivity contribution in [3.8, 4) is 11.5 Å². The molecular formula is C37H57Cl2N3O2S. The van der Waals surface area contributed by atoms with E-state index in [-0.39, 0.29) is 23.5 Å². The van der Waals surface area contributed by atoms with Gasteiger partial charge in [0, 0.05) is 29.3 Å². The Bertz CT molecular complexity index is 1190. The summed E-state index contributed by atoms with van der Waals surface area (Å²) in [6.45, 7) is 12.4. The lowest BCUT2D eigenvalue weighted by atomic mass is 9.83. The number of benzene rings is 2. The highest BCUT2D eigenvalue weighted by atomic mass is 35.5. The highest BCUT2D eigenvalue weighted by Crippen LogP contribution is 2.42. The van der Waals surface area contributed by atoms with E-state index < -0.39 is 0 Å². The van der Waals surface area contributed by atoms with E-state index in [2.05, 4.69) is 69.5 Å². The van der Waals surface area contributed by atoms with Crippen molar-refractivity contribution in [2.75, 3.05) is 20.8 Å². The number of nitrogens with two attached hydrogens (primary N) is 1. The molecule has 0 radical (unpaired) electrons. The molecule has 1 heterocycles. The van der Waals surface area contributed by atoms with Gasteiger partial charge in [-0.25, -0.2) is 0 Å². The van der Waals surface area contributed by atoms with Crippen LogP contribution in [-0.4, -0.2) is 43.4 Å². The summed E-state index contributed by atoms with van der Waals surface area (Å²) < 4.78 is 10.9. The lowest BCUT2D eigenvalue weighted by Gasteiger charge is -2.32. The minimum atomic E-state index is 0.0868. The quantitative estimate of drug-likeness (QED) is 0.154. The molecule has 1 aliphatic rings. The number of rotatable bonds is 16. The highest BCUT2D eigenvalue weighted by Gasteiger charge is 2.27. The molecule has 2 aromatic carbocycles. The SMILES string of the molecule is CCCC(N)C(CCC(C)Cc1c(Cl)c(OC)cc(OC)c1Cl)C(C)NC(=S)c1ccc(CCC2CCNC(C)(C)CC2)cc1. The maximum absolute atomic E-state index is 6.78. The first-order valence-corrected chi connectivity index (χ1v) is 18.0. The first-order valence-electron chi connectivity index (χ1n) is 16.9. The zero-order valence-corrected chi connectivity index (χ0v) is 30.9. The molecule has 0 bridgehead atoms. The monoisotopic (exact) mass is 677 g/mol. The van der Waals surface area contributed by atoms with Crippen LogP contribution in [0, 0.1) is 17.8 Å². The fraction of sp³-hybridized carbons (Fsp3) is 0.649. The lowest BCUT2D eigenvalue weighted by molar-refractivity contribution is 0.287. The van der Waals surface area contributed by atoms with Gasteiger partial charge < -0.3 is 25.8 Å². The third-order valence-corrected chi connectivity index (χ3v) is 11.0. The van der Waals surface area contributed by atoms with Gasteiger partial charge in [0.1, 0.15) is 16.5 Å². The molecule has 8 heteroatoms. The van der Waals surface area contributed by atoms with E-state index >= 15 is 0 Å². The molecule has 5 nitrogen and oxygen atoms in total. The Balaban J connectivity index is 1.58. The molecule has 252 valence electrons. The predicted octanol–water partition coefficient (Wildman–Crippen LogP) is 9.17. The van der Waals surface area contributed by atoms with Crippen LogP contribution in [0.5, 0.6) is 11.5 Å². The molecule has 45 heavy (non-hydrogen) atoms.